The van der Waals surface area contributed by atoms with Crippen molar-refractivity contribution in [1.29, 1.82) is 0 Å². The lowest BCUT2D eigenvalue weighted by Crippen LogP contribution is -2.42. The van der Waals surface area contributed by atoms with Gasteiger partial charge >= 0.3 is 0 Å². The highest BCUT2D eigenvalue weighted by atomic mass is 16.5. The molecule has 0 aliphatic carbocycles. The SMILES string of the molecule is COc1cncc(CN2CC[C@@H](c3ccccc3)[C@H](O)C2)c1. The van der Waals surface area contributed by atoms with E-state index in [1.165, 1.54) is 5.56 Å². The second-order valence-corrected chi connectivity index (χ2v) is 5.84. The highest BCUT2D eigenvalue weighted by Crippen LogP contribution is 2.29. The van der Waals surface area contributed by atoms with Crippen molar-refractivity contribution in [2.45, 2.75) is 25.0 Å². The van der Waals surface area contributed by atoms with Gasteiger partial charge in [0.2, 0.25) is 0 Å². The fraction of sp³-hybridized carbons (Fsp3) is 0.389. The van der Waals surface area contributed by atoms with E-state index in [4.69, 9.17) is 4.74 Å². The number of piperidine rings is 1. The predicted molar refractivity (Wildman–Crippen MR) is 85.9 cm³/mol. The molecule has 0 saturated carbocycles. The molecule has 1 aliphatic rings. The van der Waals surface area contributed by atoms with E-state index in [1.807, 2.05) is 30.5 Å². The van der Waals surface area contributed by atoms with Crippen molar-refractivity contribution in [1.82, 2.24) is 9.88 Å². The van der Waals surface area contributed by atoms with Crippen molar-refractivity contribution in [3.8, 4) is 5.75 Å². The maximum Gasteiger partial charge on any atom is 0.137 e. The molecule has 4 heteroatoms. The second-order valence-electron chi connectivity index (χ2n) is 5.84. The third-order valence-corrected chi connectivity index (χ3v) is 4.31. The van der Waals surface area contributed by atoms with Crippen LogP contribution < -0.4 is 4.74 Å². The molecule has 1 saturated heterocycles. The van der Waals surface area contributed by atoms with Crippen molar-refractivity contribution in [3.05, 3.63) is 59.9 Å². The third kappa shape index (κ3) is 3.46. The number of pyridine rings is 1. The Kier molecular flexibility index (Phi) is 4.71. The smallest absolute Gasteiger partial charge is 0.137 e. The molecule has 22 heavy (non-hydrogen) atoms. The molecule has 0 amide bonds. The average molecular weight is 298 g/mol. The summed E-state index contributed by atoms with van der Waals surface area (Å²) in [4.78, 5) is 6.47. The summed E-state index contributed by atoms with van der Waals surface area (Å²) in [6.07, 6.45) is 4.22. The number of methoxy groups -OCH3 is 1. The van der Waals surface area contributed by atoms with Crippen molar-refractivity contribution in [3.63, 3.8) is 0 Å². The number of aliphatic hydroxyl groups is 1. The number of ether oxygens (including phenoxy) is 1. The highest BCUT2D eigenvalue weighted by molar-refractivity contribution is 5.24. The van der Waals surface area contributed by atoms with Crippen LogP contribution in [0.4, 0.5) is 0 Å². The molecule has 2 aromatic rings. The van der Waals surface area contributed by atoms with Gasteiger partial charge in [-0.1, -0.05) is 30.3 Å². The van der Waals surface area contributed by atoms with Gasteiger partial charge in [0.05, 0.1) is 19.4 Å². The van der Waals surface area contributed by atoms with Crippen LogP contribution in [0.15, 0.2) is 48.8 Å². The Morgan fingerprint density at radius 3 is 2.82 bits per heavy atom. The molecule has 0 bridgehead atoms. The minimum absolute atomic E-state index is 0.237. The number of likely N-dealkylation sites (tertiary alicyclic amines) is 1. The van der Waals surface area contributed by atoms with Gasteiger partial charge in [0.25, 0.3) is 0 Å². The van der Waals surface area contributed by atoms with E-state index >= 15 is 0 Å². The van der Waals surface area contributed by atoms with E-state index in [0.717, 1.165) is 30.8 Å². The molecule has 0 radical (unpaired) electrons. The lowest BCUT2D eigenvalue weighted by Gasteiger charge is -2.36. The second kappa shape index (κ2) is 6.90. The van der Waals surface area contributed by atoms with E-state index in [0.29, 0.717) is 6.54 Å². The Morgan fingerprint density at radius 2 is 2.09 bits per heavy atom. The first-order chi connectivity index (χ1) is 10.8. The van der Waals surface area contributed by atoms with Gasteiger partial charge in [-0.2, -0.15) is 0 Å². The largest absolute Gasteiger partial charge is 0.495 e. The minimum Gasteiger partial charge on any atom is -0.495 e. The zero-order chi connectivity index (χ0) is 15.4. The molecule has 1 N–H and O–H groups in total. The lowest BCUT2D eigenvalue weighted by molar-refractivity contribution is 0.0476. The van der Waals surface area contributed by atoms with Crippen LogP contribution in [0.5, 0.6) is 5.75 Å². The first kappa shape index (κ1) is 15.0. The van der Waals surface area contributed by atoms with Crippen molar-refractivity contribution in [2.24, 2.45) is 0 Å². The van der Waals surface area contributed by atoms with Gasteiger partial charge in [-0.05, 0) is 30.2 Å². The van der Waals surface area contributed by atoms with Gasteiger partial charge in [0, 0.05) is 25.2 Å². The van der Waals surface area contributed by atoms with Crippen molar-refractivity contribution >= 4 is 0 Å². The number of benzene rings is 1. The highest BCUT2D eigenvalue weighted by Gasteiger charge is 2.28. The van der Waals surface area contributed by atoms with Crippen LogP contribution >= 0.6 is 0 Å². The molecular weight excluding hydrogens is 276 g/mol. The van der Waals surface area contributed by atoms with Gasteiger partial charge in [0.1, 0.15) is 5.75 Å². The zero-order valence-corrected chi connectivity index (χ0v) is 12.9. The van der Waals surface area contributed by atoms with Crippen LogP contribution in [0, 0.1) is 0 Å². The van der Waals surface area contributed by atoms with Crippen LogP contribution in [0.2, 0.25) is 0 Å². The van der Waals surface area contributed by atoms with Gasteiger partial charge < -0.3 is 9.84 Å². The minimum atomic E-state index is -0.324. The summed E-state index contributed by atoms with van der Waals surface area (Å²) in [5.41, 5.74) is 2.35. The number of hydrogen-bond acceptors (Lipinski definition) is 4. The van der Waals surface area contributed by atoms with Crippen LogP contribution in [-0.2, 0) is 6.54 Å². The van der Waals surface area contributed by atoms with E-state index in [-0.39, 0.29) is 12.0 Å². The average Bonchev–Trinajstić information content (AvgIpc) is 2.56. The molecule has 4 nitrogen and oxygen atoms in total. The Morgan fingerprint density at radius 1 is 1.27 bits per heavy atom. The van der Waals surface area contributed by atoms with E-state index < -0.39 is 0 Å². The Hall–Kier alpha value is -1.91. The van der Waals surface area contributed by atoms with Gasteiger partial charge in [-0.3, -0.25) is 9.88 Å². The summed E-state index contributed by atoms with van der Waals surface area (Å²) < 4.78 is 5.21. The van der Waals surface area contributed by atoms with Gasteiger partial charge in [-0.15, -0.1) is 0 Å². The summed E-state index contributed by atoms with van der Waals surface area (Å²) in [5, 5.41) is 10.5. The fourth-order valence-corrected chi connectivity index (χ4v) is 3.15. The molecule has 1 aliphatic heterocycles. The molecule has 2 heterocycles. The summed E-state index contributed by atoms with van der Waals surface area (Å²) in [7, 11) is 1.65. The Labute approximate surface area is 131 Å². The first-order valence-electron chi connectivity index (χ1n) is 7.69. The van der Waals surface area contributed by atoms with E-state index in [2.05, 4.69) is 22.0 Å². The molecule has 0 unspecified atom stereocenters. The lowest BCUT2D eigenvalue weighted by atomic mass is 9.87. The van der Waals surface area contributed by atoms with Crippen LogP contribution in [0.1, 0.15) is 23.5 Å². The van der Waals surface area contributed by atoms with Crippen LogP contribution in [-0.4, -0.2) is 41.3 Å². The monoisotopic (exact) mass is 298 g/mol. The Balaban J connectivity index is 1.62. The third-order valence-electron chi connectivity index (χ3n) is 4.31. The summed E-state index contributed by atoms with van der Waals surface area (Å²) in [5.74, 6) is 1.01. The van der Waals surface area contributed by atoms with Crippen LogP contribution in [0.25, 0.3) is 0 Å². The quantitative estimate of drug-likeness (QED) is 0.942. The molecular formula is C18H22N2O2. The summed E-state index contributed by atoms with van der Waals surface area (Å²) >= 11 is 0. The number of aromatic nitrogens is 1. The Bertz CT molecular complexity index is 603. The summed E-state index contributed by atoms with van der Waals surface area (Å²) in [6.45, 7) is 2.47. The normalized spacial score (nSPS) is 22.5. The standard InChI is InChI=1S/C18H22N2O2/c1-22-16-9-14(10-19-11-16)12-20-8-7-17(18(21)13-20)15-5-3-2-4-6-15/h2-6,9-11,17-18,21H,7-8,12-13H2,1H3/t17-,18+/m0/s1. The molecule has 116 valence electrons. The van der Waals surface area contributed by atoms with E-state index in [9.17, 15) is 5.11 Å². The number of hydrogen-bond donors (Lipinski definition) is 1. The van der Waals surface area contributed by atoms with Crippen molar-refractivity contribution in [2.75, 3.05) is 20.2 Å². The molecule has 0 spiro atoms. The molecule has 2 atom stereocenters. The number of rotatable bonds is 4. The fourth-order valence-electron chi connectivity index (χ4n) is 3.15. The molecule has 1 aromatic heterocycles. The summed E-state index contributed by atoms with van der Waals surface area (Å²) in [6, 6.07) is 12.3. The van der Waals surface area contributed by atoms with Crippen molar-refractivity contribution < 1.29 is 9.84 Å². The van der Waals surface area contributed by atoms with E-state index in [1.54, 1.807) is 13.3 Å². The predicted octanol–water partition coefficient (Wildman–Crippen LogP) is 2.44. The number of aliphatic hydroxyl groups excluding tert-OH is 1. The van der Waals surface area contributed by atoms with Gasteiger partial charge in [-0.25, -0.2) is 0 Å². The molecule has 3 rings (SSSR count). The molecule has 1 aromatic carbocycles. The maximum atomic E-state index is 10.5. The maximum absolute atomic E-state index is 10.5. The first-order valence-corrected chi connectivity index (χ1v) is 7.69. The number of β-amino-alcohol motifs (C(OH)–C–C–N with tert-alkyl or cyclic N) is 1. The molecule has 1 fully saturated rings. The van der Waals surface area contributed by atoms with Gasteiger partial charge in [0.15, 0.2) is 0 Å². The zero-order valence-electron chi connectivity index (χ0n) is 12.9. The van der Waals surface area contributed by atoms with Crippen LogP contribution in [0.3, 0.4) is 0 Å². The number of nitrogens with zero attached hydrogens (tertiary/aromatic N) is 2. The topological polar surface area (TPSA) is 45.6 Å².